The molecule has 0 bridgehead atoms. The summed E-state index contributed by atoms with van der Waals surface area (Å²) in [6, 6.07) is 18.5. The van der Waals surface area contributed by atoms with E-state index in [4.69, 9.17) is 17.0 Å². The van der Waals surface area contributed by atoms with Crippen LogP contribution in [0, 0.1) is 0 Å². The molecule has 5 nitrogen and oxygen atoms in total. The summed E-state index contributed by atoms with van der Waals surface area (Å²) in [6.07, 6.45) is 3.91. The highest BCUT2D eigenvalue weighted by molar-refractivity contribution is 9.10. The van der Waals surface area contributed by atoms with Crippen LogP contribution in [0.25, 0.3) is 5.69 Å². The first-order valence-corrected chi connectivity index (χ1v) is 10.3. The van der Waals surface area contributed by atoms with Gasteiger partial charge in [-0.15, -0.1) is 0 Å². The SMILES string of the molecule is COCCN1C(=S)NC(c2ccccn2)C1c1cccn1-c1ccc(Br)cc1. The normalized spacial score (nSPS) is 19.1. The van der Waals surface area contributed by atoms with Crippen molar-refractivity contribution in [3.05, 3.63) is 82.9 Å². The fraction of sp³-hybridized carbons (Fsp3) is 0.238. The van der Waals surface area contributed by atoms with Gasteiger partial charge in [0.1, 0.15) is 0 Å². The molecule has 2 atom stereocenters. The molecule has 1 saturated heterocycles. The predicted octanol–water partition coefficient (Wildman–Crippen LogP) is 4.25. The summed E-state index contributed by atoms with van der Waals surface area (Å²) in [5, 5.41) is 4.20. The Morgan fingerprint density at radius 1 is 1.14 bits per heavy atom. The first-order chi connectivity index (χ1) is 13.7. The third kappa shape index (κ3) is 3.70. The van der Waals surface area contributed by atoms with Gasteiger partial charge in [-0.05, 0) is 60.7 Å². The molecule has 1 aliphatic rings. The third-order valence-electron chi connectivity index (χ3n) is 4.92. The number of aromatic nitrogens is 2. The minimum atomic E-state index is -0.0327. The minimum Gasteiger partial charge on any atom is -0.383 e. The number of nitrogens with zero attached hydrogens (tertiary/aromatic N) is 3. The van der Waals surface area contributed by atoms with Crippen molar-refractivity contribution in [3.63, 3.8) is 0 Å². The lowest BCUT2D eigenvalue weighted by Gasteiger charge is -2.28. The van der Waals surface area contributed by atoms with E-state index >= 15 is 0 Å². The molecule has 2 aromatic heterocycles. The van der Waals surface area contributed by atoms with E-state index in [2.05, 4.69) is 78.3 Å². The zero-order valence-electron chi connectivity index (χ0n) is 15.5. The molecule has 3 aromatic rings. The van der Waals surface area contributed by atoms with E-state index in [9.17, 15) is 0 Å². The maximum atomic E-state index is 5.68. The van der Waals surface area contributed by atoms with Gasteiger partial charge in [0, 0.05) is 41.9 Å². The van der Waals surface area contributed by atoms with Gasteiger partial charge in [-0.2, -0.15) is 0 Å². The Morgan fingerprint density at radius 2 is 1.96 bits per heavy atom. The summed E-state index contributed by atoms with van der Waals surface area (Å²) in [5.41, 5.74) is 3.23. The van der Waals surface area contributed by atoms with Crippen LogP contribution in [0.5, 0.6) is 0 Å². The smallest absolute Gasteiger partial charge is 0.170 e. The topological polar surface area (TPSA) is 42.3 Å². The molecule has 4 rings (SSSR count). The van der Waals surface area contributed by atoms with Crippen LogP contribution < -0.4 is 5.32 Å². The maximum Gasteiger partial charge on any atom is 0.170 e. The van der Waals surface area contributed by atoms with E-state index in [-0.39, 0.29) is 12.1 Å². The van der Waals surface area contributed by atoms with Gasteiger partial charge in [0.15, 0.2) is 5.11 Å². The molecule has 144 valence electrons. The van der Waals surface area contributed by atoms with Crippen LogP contribution in [0.1, 0.15) is 23.5 Å². The zero-order valence-corrected chi connectivity index (χ0v) is 17.9. The highest BCUT2D eigenvalue weighted by Crippen LogP contribution is 2.39. The Morgan fingerprint density at radius 3 is 2.68 bits per heavy atom. The Labute approximate surface area is 178 Å². The van der Waals surface area contributed by atoms with E-state index < -0.39 is 0 Å². The van der Waals surface area contributed by atoms with E-state index in [0.717, 1.165) is 26.7 Å². The maximum absolute atomic E-state index is 5.68. The second kappa shape index (κ2) is 8.43. The average molecular weight is 457 g/mol. The molecule has 0 aliphatic carbocycles. The number of ether oxygens (including phenoxy) is 1. The van der Waals surface area contributed by atoms with Crippen molar-refractivity contribution in [1.29, 1.82) is 0 Å². The largest absolute Gasteiger partial charge is 0.383 e. The standard InChI is InChI=1S/C21H21BrN4OS/c1-27-14-13-26-20(19(24-21(26)28)17-5-2-3-11-23-17)18-6-4-12-25(18)16-9-7-15(22)8-10-16/h2-12,19-20H,13-14H2,1H3,(H,24,28). The molecule has 28 heavy (non-hydrogen) atoms. The quantitative estimate of drug-likeness (QED) is 0.561. The fourth-order valence-corrected chi connectivity index (χ4v) is 4.23. The predicted molar refractivity (Wildman–Crippen MR) is 118 cm³/mol. The second-order valence-corrected chi connectivity index (χ2v) is 7.89. The summed E-state index contributed by atoms with van der Waals surface area (Å²) in [6.45, 7) is 1.31. The van der Waals surface area contributed by atoms with Crippen molar-refractivity contribution in [2.45, 2.75) is 12.1 Å². The molecule has 0 amide bonds. The van der Waals surface area contributed by atoms with E-state index in [1.165, 1.54) is 0 Å². The number of halogens is 1. The Balaban J connectivity index is 1.78. The van der Waals surface area contributed by atoms with Crippen LogP contribution in [0.2, 0.25) is 0 Å². The molecule has 1 fully saturated rings. The van der Waals surface area contributed by atoms with Crippen molar-refractivity contribution in [1.82, 2.24) is 19.8 Å². The number of thiocarbonyl (C=S) groups is 1. The lowest BCUT2D eigenvalue weighted by atomic mass is 10.0. The van der Waals surface area contributed by atoms with Crippen LogP contribution in [-0.4, -0.2) is 39.8 Å². The van der Waals surface area contributed by atoms with Crippen LogP contribution >= 0.6 is 28.1 Å². The molecule has 1 aromatic carbocycles. The van der Waals surface area contributed by atoms with Gasteiger partial charge < -0.3 is 19.5 Å². The van der Waals surface area contributed by atoms with Gasteiger partial charge in [0.2, 0.25) is 0 Å². The number of nitrogens with one attached hydrogen (secondary N) is 1. The number of rotatable bonds is 6. The van der Waals surface area contributed by atoms with E-state index in [1.54, 1.807) is 7.11 Å². The van der Waals surface area contributed by atoms with Crippen LogP contribution in [-0.2, 0) is 4.74 Å². The Hall–Kier alpha value is -2.22. The lowest BCUT2D eigenvalue weighted by Crippen LogP contribution is -2.33. The van der Waals surface area contributed by atoms with Gasteiger partial charge in [-0.3, -0.25) is 4.98 Å². The fourth-order valence-electron chi connectivity index (χ4n) is 3.63. The average Bonchev–Trinajstić information content (AvgIpc) is 3.32. The summed E-state index contributed by atoms with van der Waals surface area (Å²) in [5.74, 6) is 0. The van der Waals surface area contributed by atoms with Crippen LogP contribution in [0.15, 0.2) is 71.5 Å². The van der Waals surface area contributed by atoms with Crippen molar-refractivity contribution < 1.29 is 4.74 Å². The van der Waals surface area contributed by atoms with Crippen molar-refractivity contribution in [3.8, 4) is 5.69 Å². The molecule has 2 unspecified atom stereocenters. The summed E-state index contributed by atoms with van der Waals surface area (Å²) >= 11 is 9.19. The first-order valence-electron chi connectivity index (χ1n) is 9.09. The van der Waals surface area contributed by atoms with Gasteiger partial charge >= 0.3 is 0 Å². The molecule has 1 N–H and O–H groups in total. The molecular formula is C21H21BrN4OS. The number of hydrogen-bond acceptors (Lipinski definition) is 3. The Bertz CT molecular complexity index is 945. The van der Waals surface area contributed by atoms with E-state index in [0.29, 0.717) is 13.2 Å². The molecule has 7 heteroatoms. The summed E-state index contributed by atoms with van der Waals surface area (Å²) in [4.78, 5) is 6.79. The van der Waals surface area contributed by atoms with Crippen molar-refractivity contribution in [2.75, 3.05) is 20.3 Å². The highest BCUT2D eigenvalue weighted by Gasteiger charge is 2.40. The van der Waals surface area contributed by atoms with Gasteiger partial charge in [0.05, 0.1) is 24.4 Å². The van der Waals surface area contributed by atoms with Gasteiger partial charge in [-0.25, -0.2) is 0 Å². The number of benzene rings is 1. The van der Waals surface area contributed by atoms with Crippen LogP contribution in [0.3, 0.4) is 0 Å². The summed E-state index contributed by atoms with van der Waals surface area (Å²) in [7, 11) is 1.71. The molecule has 3 heterocycles. The van der Waals surface area contributed by atoms with Gasteiger partial charge in [0.25, 0.3) is 0 Å². The lowest BCUT2D eigenvalue weighted by molar-refractivity contribution is 0.163. The second-order valence-electron chi connectivity index (χ2n) is 6.59. The number of methoxy groups -OCH3 is 1. The van der Waals surface area contributed by atoms with E-state index in [1.807, 2.05) is 24.4 Å². The van der Waals surface area contributed by atoms with Crippen molar-refractivity contribution in [2.24, 2.45) is 0 Å². The monoisotopic (exact) mass is 456 g/mol. The molecular weight excluding hydrogens is 436 g/mol. The third-order valence-corrected chi connectivity index (χ3v) is 5.80. The molecule has 0 saturated carbocycles. The first kappa shape index (κ1) is 19.1. The molecule has 1 aliphatic heterocycles. The van der Waals surface area contributed by atoms with Gasteiger partial charge in [-0.1, -0.05) is 22.0 Å². The molecule has 0 spiro atoms. The minimum absolute atomic E-state index is 0.0104. The molecule has 0 radical (unpaired) electrons. The Kier molecular flexibility index (Phi) is 5.75. The zero-order chi connectivity index (χ0) is 19.5. The number of pyridine rings is 1. The summed E-state index contributed by atoms with van der Waals surface area (Å²) < 4.78 is 8.60. The van der Waals surface area contributed by atoms with Crippen LogP contribution in [0.4, 0.5) is 0 Å². The van der Waals surface area contributed by atoms with Crippen molar-refractivity contribution >= 4 is 33.3 Å². The highest BCUT2D eigenvalue weighted by atomic mass is 79.9. The number of hydrogen-bond donors (Lipinski definition) is 1.